The molecule has 4 atom stereocenters. The number of nitrogens with one attached hydrogen (secondary N) is 2. The number of amides is 1. The third-order valence-corrected chi connectivity index (χ3v) is 7.58. The molecule has 2 aromatic carbocycles. The maximum absolute atomic E-state index is 13.5. The molecule has 4 unspecified atom stereocenters. The van der Waals surface area contributed by atoms with Crippen LogP contribution in [0.2, 0.25) is 0 Å². The zero-order valence-corrected chi connectivity index (χ0v) is 19.6. The maximum atomic E-state index is 13.5. The van der Waals surface area contributed by atoms with Crippen LogP contribution in [0.4, 0.5) is 5.13 Å². The number of aromatic nitrogens is 1. The van der Waals surface area contributed by atoms with Crippen LogP contribution in [-0.4, -0.2) is 28.9 Å². The summed E-state index contributed by atoms with van der Waals surface area (Å²) < 4.78 is 1.01. The Morgan fingerprint density at radius 1 is 1.06 bits per heavy atom. The summed E-state index contributed by atoms with van der Waals surface area (Å²) in [5.41, 5.74) is 6.51. The van der Waals surface area contributed by atoms with Crippen LogP contribution in [0.5, 0.6) is 0 Å². The lowest BCUT2D eigenvalue weighted by atomic mass is 9.78. The van der Waals surface area contributed by atoms with Gasteiger partial charge in [-0.15, -0.1) is 0 Å². The van der Waals surface area contributed by atoms with Crippen LogP contribution in [-0.2, 0) is 21.4 Å². The molecule has 0 saturated carbocycles. The van der Waals surface area contributed by atoms with Crippen LogP contribution < -0.4 is 15.8 Å². The Labute approximate surface area is 192 Å². The van der Waals surface area contributed by atoms with Crippen molar-refractivity contribution in [1.29, 1.82) is 0 Å². The summed E-state index contributed by atoms with van der Waals surface area (Å²) >= 11 is 1.44. The number of benzene rings is 2. The molecular formula is C25H28N4O2S. The molecule has 6 nitrogen and oxygen atoms in total. The number of hydrogen-bond acceptors (Lipinski definition) is 6. The molecule has 2 saturated heterocycles. The summed E-state index contributed by atoms with van der Waals surface area (Å²) in [4.78, 5) is 31.3. The average molecular weight is 449 g/mol. The molecule has 5 rings (SSSR count). The standard InChI is InChI=1S/C25H28N4O2S/c1-14-17(13-15-9-11-16(12-10-15)25(2,3)4)21(30)20-22(26-14)28-29(23(20)31)24-27-18-7-5-6-8-19(18)32-24/h5-12,14,17,20,22,26,28H,13H2,1-4H3. The number of fused-ring (bicyclic) bond motifs is 2. The highest BCUT2D eigenvalue weighted by Gasteiger charge is 2.52. The van der Waals surface area contributed by atoms with Crippen LogP contribution in [0, 0.1) is 11.8 Å². The predicted octanol–water partition coefficient (Wildman–Crippen LogP) is 3.81. The van der Waals surface area contributed by atoms with E-state index in [2.05, 4.69) is 60.8 Å². The second-order valence-corrected chi connectivity index (χ2v) is 10.8. The first-order valence-corrected chi connectivity index (χ1v) is 11.9. The summed E-state index contributed by atoms with van der Waals surface area (Å²) in [5.74, 6) is -1.22. The molecular weight excluding hydrogens is 420 g/mol. The molecule has 32 heavy (non-hydrogen) atoms. The number of ketones is 1. The number of rotatable bonds is 3. The first kappa shape index (κ1) is 21.2. The van der Waals surface area contributed by atoms with Crippen LogP contribution >= 0.6 is 11.3 Å². The molecule has 1 aromatic heterocycles. The van der Waals surface area contributed by atoms with E-state index in [0.717, 1.165) is 15.8 Å². The summed E-state index contributed by atoms with van der Waals surface area (Å²) in [5, 5.41) is 5.49. The number of thiazole rings is 1. The highest BCUT2D eigenvalue weighted by atomic mass is 32.1. The van der Waals surface area contributed by atoms with E-state index in [1.54, 1.807) is 0 Å². The van der Waals surface area contributed by atoms with Crippen molar-refractivity contribution in [2.75, 3.05) is 5.01 Å². The van der Waals surface area contributed by atoms with Gasteiger partial charge < -0.3 is 0 Å². The third kappa shape index (κ3) is 3.64. The van der Waals surface area contributed by atoms with E-state index in [1.165, 1.54) is 21.9 Å². The molecule has 166 valence electrons. The Bertz CT molecular complexity index is 1150. The first-order valence-electron chi connectivity index (χ1n) is 11.1. The van der Waals surface area contributed by atoms with Crippen LogP contribution in [0.3, 0.4) is 0 Å². The van der Waals surface area contributed by atoms with Crippen molar-refractivity contribution >= 4 is 38.4 Å². The number of hydrazine groups is 1. The van der Waals surface area contributed by atoms with E-state index in [4.69, 9.17) is 0 Å². The van der Waals surface area contributed by atoms with E-state index >= 15 is 0 Å². The SMILES string of the molecule is CC1NC2NN(c3nc4ccccc4s3)C(=O)C2C(=O)C1Cc1ccc(C(C)(C)C)cc1. The molecule has 0 aliphatic carbocycles. The molecule has 2 aliphatic heterocycles. The lowest BCUT2D eigenvalue weighted by Gasteiger charge is -2.35. The van der Waals surface area contributed by atoms with E-state index in [1.807, 2.05) is 31.2 Å². The number of hydrogen-bond donors (Lipinski definition) is 2. The van der Waals surface area contributed by atoms with Gasteiger partial charge in [-0.2, -0.15) is 0 Å². The summed E-state index contributed by atoms with van der Waals surface area (Å²) in [6.45, 7) is 8.59. The fourth-order valence-corrected chi connectivity index (χ4v) is 5.57. The van der Waals surface area contributed by atoms with Gasteiger partial charge in [-0.1, -0.05) is 68.5 Å². The fraction of sp³-hybridized carbons (Fsp3) is 0.400. The molecule has 0 bridgehead atoms. The van der Waals surface area contributed by atoms with Gasteiger partial charge in [0, 0.05) is 12.0 Å². The minimum absolute atomic E-state index is 0.00209. The fourth-order valence-electron chi connectivity index (χ4n) is 4.63. The number of nitrogens with zero attached hydrogens (tertiary/aromatic N) is 2. The van der Waals surface area contributed by atoms with Gasteiger partial charge in [0.15, 0.2) is 5.78 Å². The smallest absolute Gasteiger partial charge is 0.257 e. The summed E-state index contributed by atoms with van der Waals surface area (Å²) in [7, 11) is 0. The number of carbonyl (C=O) groups is 2. The Morgan fingerprint density at radius 2 is 1.78 bits per heavy atom. The number of para-hydroxylation sites is 1. The van der Waals surface area contributed by atoms with Gasteiger partial charge in [0.2, 0.25) is 5.13 Å². The van der Waals surface area contributed by atoms with Crippen molar-refractivity contribution in [2.45, 2.75) is 51.7 Å². The number of piperidine rings is 1. The van der Waals surface area contributed by atoms with Crippen molar-refractivity contribution < 1.29 is 9.59 Å². The van der Waals surface area contributed by atoms with E-state index in [-0.39, 0.29) is 29.1 Å². The van der Waals surface area contributed by atoms with E-state index in [0.29, 0.717) is 11.6 Å². The van der Waals surface area contributed by atoms with Gasteiger partial charge in [-0.25, -0.2) is 15.4 Å². The van der Waals surface area contributed by atoms with Crippen molar-refractivity contribution in [3.8, 4) is 0 Å². The predicted molar refractivity (Wildman–Crippen MR) is 127 cm³/mol. The molecule has 0 radical (unpaired) electrons. The first-order chi connectivity index (χ1) is 15.2. The molecule has 2 N–H and O–H groups in total. The third-order valence-electron chi connectivity index (χ3n) is 6.56. The number of carbonyl (C=O) groups excluding carboxylic acids is 2. The van der Waals surface area contributed by atoms with E-state index in [9.17, 15) is 9.59 Å². The Kier molecular flexibility index (Phi) is 5.15. The Balaban J connectivity index is 1.36. The van der Waals surface area contributed by atoms with Gasteiger partial charge in [-0.3, -0.25) is 14.9 Å². The van der Waals surface area contributed by atoms with Crippen molar-refractivity contribution in [3.05, 3.63) is 59.7 Å². The zero-order valence-electron chi connectivity index (χ0n) is 18.8. The van der Waals surface area contributed by atoms with Crippen molar-refractivity contribution in [2.24, 2.45) is 11.8 Å². The monoisotopic (exact) mass is 448 g/mol. The minimum Gasteiger partial charge on any atom is -0.298 e. The van der Waals surface area contributed by atoms with Gasteiger partial charge in [0.05, 0.1) is 16.4 Å². The second-order valence-electron chi connectivity index (χ2n) is 9.84. The average Bonchev–Trinajstić information content (AvgIpc) is 3.31. The summed E-state index contributed by atoms with van der Waals surface area (Å²) in [6.07, 6.45) is 0.214. The molecule has 2 fully saturated rings. The minimum atomic E-state index is -0.739. The maximum Gasteiger partial charge on any atom is 0.257 e. The van der Waals surface area contributed by atoms with Crippen LogP contribution in [0.15, 0.2) is 48.5 Å². The lowest BCUT2D eigenvalue weighted by Crippen LogP contribution is -2.59. The van der Waals surface area contributed by atoms with Crippen LogP contribution in [0.1, 0.15) is 38.8 Å². The van der Waals surface area contributed by atoms with Gasteiger partial charge >= 0.3 is 0 Å². The number of Topliss-reactive ketones (excluding diaryl/α,β-unsaturated/α-hetero) is 1. The molecule has 2 aliphatic rings. The second kappa shape index (κ2) is 7.76. The van der Waals surface area contributed by atoms with Gasteiger partial charge in [-0.05, 0) is 42.0 Å². The quantitative estimate of drug-likeness (QED) is 0.596. The lowest BCUT2D eigenvalue weighted by molar-refractivity contribution is -0.136. The largest absolute Gasteiger partial charge is 0.298 e. The van der Waals surface area contributed by atoms with Gasteiger partial charge in [0.25, 0.3) is 5.91 Å². The molecule has 7 heteroatoms. The highest BCUT2D eigenvalue weighted by Crippen LogP contribution is 2.35. The van der Waals surface area contributed by atoms with Gasteiger partial charge in [0.1, 0.15) is 5.92 Å². The Morgan fingerprint density at radius 3 is 2.47 bits per heavy atom. The highest BCUT2D eigenvalue weighted by molar-refractivity contribution is 7.22. The van der Waals surface area contributed by atoms with E-state index < -0.39 is 12.1 Å². The normalized spacial score (nSPS) is 26.1. The topological polar surface area (TPSA) is 74.3 Å². The van der Waals surface area contributed by atoms with Crippen molar-refractivity contribution in [1.82, 2.24) is 15.7 Å². The van der Waals surface area contributed by atoms with Crippen LogP contribution in [0.25, 0.3) is 10.2 Å². The molecule has 0 spiro atoms. The van der Waals surface area contributed by atoms with Crippen molar-refractivity contribution in [3.63, 3.8) is 0 Å². The molecule has 1 amide bonds. The zero-order chi connectivity index (χ0) is 22.6. The number of anilines is 1. The summed E-state index contributed by atoms with van der Waals surface area (Å²) in [6, 6.07) is 16.2. The molecule has 3 heterocycles. The Hall–Kier alpha value is -2.61. The molecule has 3 aromatic rings.